The highest BCUT2D eigenvalue weighted by Crippen LogP contribution is 2.59. The van der Waals surface area contributed by atoms with Crippen LogP contribution in [-0.2, 0) is 23.2 Å². The second kappa shape index (κ2) is 9.02. The molecule has 3 N–H and O–H groups in total. The first kappa shape index (κ1) is 26.4. The number of nitrogens with one attached hydrogen (secondary N) is 1. The van der Waals surface area contributed by atoms with Crippen molar-refractivity contribution in [3.63, 3.8) is 0 Å². The third kappa shape index (κ3) is 4.28. The van der Waals surface area contributed by atoms with Gasteiger partial charge in [0.15, 0.2) is 11.6 Å². The maximum atomic E-state index is 13.4. The molecule has 3 aromatic heterocycles. The van der Waals surface area contributed by atoms with Crippen LogP contribution in [0.4, 0.5) is 23.8 Å². The summed E-state index contributed by atoms with van der Waals surface area (Å²) in [6.07, 6.45) is 0.233. The molecule has 2 amide bonds. The van der Waals surface area contributed by atoms with Crippen LogP contribution in [0.2, 0.25) is 0 Å². The number of benzene rings is 1. The average Bonchev–Trinajstić information content (AvgIpc) is 3.82. The summed E-state index contributed by atoms with van der Waals surface area (Å²) < 4.78 is 52.6. The number of nitrogens with two attached hydrogens (primary N) is 1. The van der Waals surface area contributed by atoms with Crippen LogP contribution in [-0.4, -0.2) is 54.3 Å². The van der Waals surface area contributed by atoms with Gasteiger partial charge in [0.25, 0.3) is 0 Å². The zero-order chi connectivity index (χ0) is 29.4. The van der Waals surface area contributed by atoms with E-state index in [-0.39, 0.29) is 36.4 Å². The summed E-state index contributed by atoms with van der Waals surface area (Å²) in [6, 6.07) is 7.23. The number of amides is 2. The lowest BCUT2D eigenvalue weighted by Gasteiger charge is -2.36. The SMILES string of the molecule is CC1Cc2c(ncnc2Oc2ccc3c(ccn3C(=O)Nc3cc(C4(C(F)(F)F)CC4)on3)c2)CN1C(=O)C1(N)CC1. The largest absolute Gasteiger partial charge is 0.439 e. The summed E-state index contributed by atoms with van der Waals surface area (Å²) in [5, 5.41) is 6.79. The maximum Gasteiger partial charge on any atom is 0.401 e. The molecule has 218 valence electrons. The molecule has 1 aromatic carbocycles. The fourth-order valence-corrected chi connectivity index (χ4v) is 5.49. The van der Waals surface area contributed by atoms with Crippen molar-refractivity contribution in [1.82, 2.24) is 24.6 Å². The fraction of sp³-hybridized carbons (Fsp3) is 0.393. The minimum atomic E-state index is -4.45. The molecule has 2 aliphatic carbocycles. The van der Waals surface area contributed by atoms with Crippen LogP contribution in [0.3, 0.4) is 0 Å². The number of fused-ring (bicyclic) bond motifs is 2. The third-order valence-corrected chi connectivity index (χ3v) is 8.43. The number of hydrogen-bond donors (Lipinski definition) is 2. The Bertz CT molecular complexity index is 1740. The molecule has 0 bridgehead atoms. The second-order valence-electron chi connectivity index (χ2n) is 11.3. The zero-order valence-electron chi connectivity index (χ0n) is 22.4. The van der Waals surface area contributed by atoms with Crippen molar-refractivity contribution in [3.8, 4) is 11.6 Å². The van der Waals surface area contributed by atoms with E-state index in [2.05, 4.69) is 20.4 Å². The second-order valence-corrected chi connectivity index (χ2v) is 11.3. The summed E-state index contributed by atoms with van der Waals surface area (Å²) in [6.45, 7) is 2.29. The number of anilines is 1. The Labute approximate surface area is 236 Å². The topological polar surface area (TPSA) is 141 Å². The van der Waals surface area contributed by atoms with Crippen LogP contribution < -0.4 is 15.8 Å². The number of halogens is 3. The minimum absolute atomic E-state index is 0.0575. The van der Waals surface area contributed by atoms with Crippen molar-refractivity contribution < 1.29 is 32.0 Å². The van der Waals surface area contributed by atoms with Crippen LogP contribution in [0.15, 0.2) is 47.4 Å². The third-order valence-electron chi connectivity index (χ3n) is 8.43. The van der Waals surface area contributed by atoms with Crippen LogP contribution in [0.25, 0.3) is 10.9 Å². The van der Waals surface area contributed by atoms with Crippen molar-refractivity contribution in [3.05, 3.63) is 59.9 Å². The number of carbonyl (C=O) groups excluding carboxylic acids is 2. The van der Waals surface area contributed by atoms with Gasteiger partial charge in [0, 0.05) is 29.3 Å². The van der Waals surface area contributed by atoms with Gasteiger partial charge in [-0.1, -0.05) is 5.16 Å². The molecule has 0 radical (unpaired) electrons. The van der Waals surface area contributed by atoms with Gasteiger partial charge < -0.3 is 19.9 Å². The van der Waals surface area contributed by atoms with Crippen molar-refractivity contribution >= 4 is 28.7 Å². The first-order chi connectivity index (χ1) is 20.0. The van der Waals surface area contributed by atoms with Gasteiger partial charge in [0.2, 0.25) is 11.8 Å². The van der Waals surface area contributed by atoms with Crippen LogP contribution in [0.5, 0.6) is 11.6 Å². The number of aromatic nitrogens is 4. The van der Waals surface area contributed by atoms with E-state index in [9.17, 15) is 22.8 Å². The Balaban J connectivity index is 1.07. The van der Waals surface area contributed by atoms with E-state index in [0.717, 1.165) is 11.6 Å². The Morgan fingerprint density at radius 3 is 2.64 bits per heavy atom. The van der Waals surface area contributed by atoms with E-state index >= 15 is 0 Å². The van der Waals surface area contributed by atoms with Gasteiger partial charge in [-0.15, -0.1) is 0 Å². The number of hydrogen-bond acceptors (Lipinski definition) is 8. The monoisotopic (exact) mass is 581 g/mol. The molecule has 1 atom stereocenters. The van der Waals surface area contributed by atoms with E-state index in [0.29, 0.717) is 54.0 Å². The molecule has 11 nitrogen and oxygen atoms in total. The first-order valence-electron chi connectivity index (χ1n) is 13.5. The molecule has 7 rings (SSSR count). The molecule has 4 heterocycles. The minimum Gasteiger partial charge on any atom is -0.439 e. The summed E-state index contributed by atoms with van der Waals surface area (Å²) in [5.41, 5.74) is 5.43. The van der Waals surface area contributed by atoms with Crippen LogP contribution >= 0.6 is 0 Å². The van der Waals surface area contributed by atoms with Gasteiger partial charge in [0.1, 0.15) is 17.5 Å². The van der Waals surface area contributed by atoms with Crippen molar-refractivity contribution in [2.24, 2.45) is 5.73 Å². The molecule has 2 fully saturated rings. The molecule has 0 spiro atoms. The summed E-state index contributed by atoms with van der Waals surface area (Å²) >= 11 is 0. The van der Waals surface area contributed by atoms with Crippen molar-refractivity contribution in [2.75, 3.05) is 5.32 Å². The Hall–Kier alpha value is -4.46. The number of ether oxygens (including phenoxy) is 1. The molecular weight excluding hydrogens is 555 g/mol. The predicted molar refractivity (Wildman–Crippen MR) is 142 cm³/mol. The molecule has 3 aliphatic rings. The predicted octanol–water partition coefficient (Wildman–Crippen LogP) is 4.65. The quantitative estimate of drug-likeness (QED) is 0.347. The van der Waals surface area contributed by atoms with Gasteiger partial charge in [-0.2, -0.15) is 13.2 Å². The molecule has 14 heteroatoms. The summed E-state index contributed by atoms with van der Waals surface area (Å²) in [5.74, 6) is 0.399. The van der Waals surface area contributed by atoms with Gasteiger partial charge in [0.05, 0.1) is 23.3 Å². The van der Waals surface area contributed by atoms with Crippen molar-refractivity contribution in [2.45, 2.75) is 68.7 Å². The van der Waals surface area contributed by atoms with E-state index < -0.39 is 23.2 Å². The maximum absolute atomic E-state index is 13.4. The Kier molecular flexibility index (Phi) is 5.68. The lowest BCUT2D eigenvalue weighted by atomic mass is 9.98. The summed E-state index contributed by atoms with van der Waals surface area (Å²) in [7, 11) is 0. The number of alkyl halides is 3. The average molecular weight is 582 g/mol. The first-order valence-corrected chi connectivity index (χ1v) is 13.5. The molecule has 4 aromatic rings. The normalized spacial score (nSPS) is 20.2. The molecule has 1 aliphatic heterocycles. The molecular formula is C28H26F3N7O4. The molecule has 42 heavy (non-hydrogen) atoms. The number of nitrogens with zero attached hydrogens (tertiary/aromatic N) is 5. The van der Waals surface area contributed by atoms with Crippen LogP contribution in [0, 0.1) is 0 Å². The highest BCUT2D eigenvalue weighted by atomic mass is 19.4. The summed E-state index contributed by atoms with van der Waals surface area (Å²) in [4.78, 5) is 36.3. The highest BCUT2D eigenvalue weighted by Gasteiger charge is 2.67. The molecule has 2 saturated carbocycles. The van der Waals surface area contributed by atoms with E-state index in [4.69, 9.17) is 15.0 Å². The van der Waals surface area contributed by atoms with Gasteiger partial charge in [-0.05, 0) is 63.3 Å². The standard InChI is InChI=1S/C28H26F3N7O4/c1-15-10-18-19(13-38(15)24(39)27(32)7-8-27)33-14-34-23(18)41-17-2-3-20-16(11-17)4-9-37(20)25(40)35-22-12-21(42-36-22)26(5-6-26)28(29,30)31/h2-4,9,11-12,14-15H,5-8,10,13,32H2,1H3,(H,35,36,40). The van der Waals surface area contributed by atoms with Gasteiger partial charge in [-0.3, -0.25) is 14.7 Å². The van der Waals surface area contributed by atoms with Crippen molar-refractivity contribution in [1.29, 1.82) is 0 Å². The molecule has 1 unspecified atom stereocenters. The van der Waals surface area contributed by atoms with E-state index in [1.165, 1.54) is 17.1 Å². The van der Waals surface area contributed by atoms with Crippen LogP contribution in [0.1, 0.15) is 49.6 Å². The number of carbonyl (C=O) groups is 2. The van der Waals surface area contributed by atoms with E-state index in [1.54, 1.807) is 29.2 Å². The Morgan fingerprint density at radius 2 is 1.93 bits per heavy atom. The van der Waals surface area contributed by atoms with Gasteiger partial charge in [-0.25, -0.2) is 14.8 Å². The fourth-order valence-electron chi connectivity index (χ4n) is 5.49. The molecule has 0 saturated heterocycles. The Morgan fingerprint density at radius 1 is 1.14 bits per heavy atom. The number of rotatable bonds is 5. The van der Waals surface area contributed by atoms with Gasteiger partial charge >= 0.3 is 12.2 Å². The zero-order valence-corrected chi connectivity index (χ0v) is 22.4. The highest BCUT2D eigenvalue weighted by molar-refractivity contribution is 5.98. The lowest BCUT2D eigenvalue weighted by molar-refractivity contribution is -0.165. The van der Waals surface area contributed by atoms with E-state index in [1.807, 2.05) is 6.92 Å². The lowest BCUT2D eigenvalue weighted by Crippen LogP contribution is -2.51. The smallest absolute Gasteiger partial charge is 0.401 e.